The lowest BCUT2D eigenvalue weighted by Crippen LogP contribution is -1.84. The first kappa shape index (κ1) is 8.11. The highest BCUT2D eigenvalue weighted by atomic mass is 31.1. The Kier molecular flexibility index (Phi) is 5.32. The normalized spacial score (nSPS) is 18.2. The van der Waals surface area contributed by atoms with E-state index in [1.807, 2.05) is 0 Å². The van der Waals surface area contributed by atoms with E-state index in [0.29, 0.717) is 0 Å². The van der Waals surface area contributed by atoms with Crippen molar-refractivity contribution in [3.8, 4) is 0 Å². The molecular formula is C3H10NO3P. The molecule has 0 aliphatic heterocycles. The van der Waals surface area contributed by atoms with Gasteiger partial charge in [0.25, 0.3) is 0 Å². The van der Waals surface area contributed by atoms with Gasteiger partial charge in [0.2, 0.25) is 0 Å². The molecule has 0 aromatic rings. The summed E-state index contributed by atoms with van der Waals surface area (Å²) in [6.45, 7) is 0. The molecule has 3 N–H and O–H groups in total. The summed E-state index contributed by atoms with van der Waals surface area (Å²) in [6.07, 6.45) is 4.50. The van der Waals surface area contributed by atoms with Crippen LogP contribution in [0.15, 0.2) is 0 Å². The van der Waals surface area contributed by atoms with E-state index in [9.17, 15) is 4.57 Å². The third kappa shape index (κ3) is 16.5. The van der Waals surface area contributed by atoms with Crippen LogP contribution < -0.4 is 5.90 Å². The van der Waals surface area contributed by atoms with E-state index in [0.717, 1.165) is 0 Å². The predicted octanol–water partition coefficient (Wildman–Crippen LogP) is 0.429. The maximum absolute atomic E-state index is 9.21. The monoisotopic (exact) mass is 139 g/mol. The second-order valence-corrected chi connectivity index (χ2v) is 2.21. The Morgan fingerprint density at radius 2 is 1.75 bits per heavy atom. The highest BCUT2D eigenvalue weighted by Gasteiger charge is 1.95. The number of rotatable bonds is 1. The van der Waals surface area contributed by atoms with E-state index in [1.54, 1.807) is 0 Å². The summed E-state index contributed by atoms with van der Waals surface area (Å²) in [5, 5.41) is 0. The fourth-order valence-corrected chi connectivity index (χ4v) is 0. The molecule has 0 amide bonds. The van der Waals surface area contributed by atoms with Gasteiger partial charge in [-0.15, -0.1) is 0 Å². The number of hydrogen-bond donors (Lipinski definition) is 2. The fraction of sp³-hybridized carbons (Fsp3) is 1.00. The average molecular weight is 139 g/mol. The fourth-order valence-electron chi connectivity index (χ4n) is 0. The highest BCUT2D eigenvalue weighted by Crippen LogP contribution is 2.14. The standard InChI is InChI=1S/C3H6.H4NO3P/c1-2-3-1;1-4-5(2)3/h1-3H2;5H,1H2,(H,2,3). The minimum atomic E-state index is -2.85. The summed E-state index contributed by atoms with van der Waals surface area (Å²) in [5.41, 5.74) is 0. The van der Waals surface area contributed by atoms with Gasteiger partial charge in [-0.1, -0.05) is 19.3 Å². The molecule has 1 atom stereocenters. The van der Waals surface area contributed by atoms with Crippen LogP contribution in [0.4, 0.5) is 0 Å². The van der Waals surface area contributed by atoms with Gasteiger partial charge in [-0.3, -0.25) is 4.57 Å². The maximum atomic E-state index is 9.21. The minimum absolute atomic E-state index is 1.50. The Morgan fingerprint density at radius 3 is 1.75 bits per heavy atom. The first-order valence-corrected chi connectivity index (χ1v) is 3.63. The van der Waals surface area contributed by atoms with Crippen LogP contribution in [0.3, 0.4) is 0 Å². The molecule has 4 nitrogen and oxygen atoms in total. The molecule has 1 rings (SSSR count). The van der Waals surface area contributed by atoms with E-state index in [4.69, 9.17) is 4.89 Å². The van der Waals surface area contributed by atoms with Crippen molar-refractivity contribution < 1.29 is 14.1 Å². The highest BCUT2D eigenvalue weighted by molar-refractivity contribution is 7.32. The molecule has 1 saturated carbocycles. The third-order valence-corrected chi connectivity index (χ3v) is 0.656. The summed E-state index contributed by atoms with van der Waals surface area (Å²) in [6, 6.07) is 0. The summed E-state index contributed by atoms with van der Waals surface area (Å²) in [5.74, 6) is 4.15. The first-order chi connectivity index (χ1) is 3.77. The van der Waals surface area contributed by atoms with Gasteiger partial charge in [0.1, 0.15) is 0 Å². The van der Waals surface area contributed by atoms with Crippen molar-refractivity contribution in [3.05, 3.63) is 0 Å². The topological polar surface area (TPSA) is 72.5 Å². The largest absolute Gasteiger partial charge is 0.332 e. The zero-order chi connectivity index (χ0) is 6.41. The van der Waals surface area contributed by atoms with Gasteiger partial charge in [-0.05, 0) is 0 Å². The Bertz CT molecular complexity index is 72.2. The zero-order valence-electron chi connectivity index (χ0n) is 4.46. The van der Waals surface area contributed by atoms with Crippen LogP contribution in [0.1, 0.15) is 19.3 Å². The molecule has 50 valence electrons. The van der Waals surface area contributed by atoms with E-state index >= 15 is 0 Å². The van der Waals surface area contributed by atoms with E-state index in [2.05, 4.69) is 10.5 Å². The van der Waals surface area contributed by atoms with Crippen LogP contribution >= 0.6 is 8.25 Å². The van der Waals surface area contributed by atoms with Crippen molar-refractivity contribution in [2.75, 3.05) is 0 Å². The lowest BCUT2D eigenvalue weighted by Gasteiger charge is -1.78. The Morgan fingerprint density at radius 1 is 1.50 bits per heavy atom. The molecule has 1 unspecified atom stereocenters. The molecule has 0 radical (unpaired) electrons. The van der Waals surface area contributed by atoms with Gasteiger partial charge in [-0.2, -0.15) is 0 Å². The predicted molar refractivity (Wildman–Crippen MR) is 30.3 cm³/mol. The molecule has 0 aromatic carbocycles. The quantitative estimate of drug-likeness (QED) is 0.408. The summed E-state index contributed by atoms with van der Waals surface area (Å²) >= 11 is 0. The molecule has 0 heterocycles. The number of hydrogen-bond acceptors (Lipinski definition) is 3. The van der Waals surface area contributed by atoms with Crippen molar-refractivity contribution in [2.45, 2.75) is 19.3 Å². The SMILES string of the molecule is C1CC1.NO[PH](=O)O. The van der Waals surface area contributed by atoms with Crippen LogP contribution in [0.25, 0.3) is 0 Å². The van der Waals surface area contributed by atoms with Crippen LogP contribution in [0, 0.1) is 0 Å². The molecule has 0 spiro atoms. The number of nitrogens with two attached hydrogens (primary N) is 1. The molecule has 0 aromatic heterocycles. The first-order valence-electron chi connectivity index (χ1n) is 2.37. The Balaban J connectivity index is 0.000000135. The smallest absolute Gasteiger partial charge is 0.325 e. The van der Waals surface area contributed by atoms with Gasteiger partial charge >= 0.3 is 8.25 Å². The van der Waals surface area contributed by atoms with E-state index in [1.165, 1.54) is 19.3 Å². The molecule has 8 heavy (non-hydrogen) atoms. The van der Waals surface area contributed by atoms with Crippen LogP contribution in [-0.2, 0) is 9.19 Å². The van der Waals surface area contributed by atoms with Gasteiger partial charge in [0.15, 0.2) is 0 Å². The Hall–Kier alpha value is 0.110. The molecule has 0 bridgehead atoms. The van der Waals surface area contributed by atoms with E-state index in [-0.39, 0.29) is 0 Å². The van der Waals surface area contributed by atoms with Crippen molar-refractivity contribution >= 4 is 8.25 Å². The lowest BCUT2D eigenvalue weighted by atomic mass is 11.0. The molecule has 0 saturated heterocycles. The average Bonchev–Trinajstić information content (AvgIpc) is 2.48. The van der Waals surface area contributed by atoms with E-state index < -0.39 is 8.25 Å². The lowest BCUT2D eigenvalue weighted by molar-refractivity contribution is 0.292. The second-order valence-electron chi connectivity index (χ2n) is 1.44. The maximum Gasteiger partial charge on any atom is 0.332 e. The van der Waals surface area contributed by atoms with Crippen molar-refractivity contribution in [1.82, 2.24) is 0 Å². The van der Waals surface area contributed by atoms with Crippen molar-refractivity contribution in [1.29, 1.82) is 0 Å². The Labute approximate surface area is 48.5 Å². The van der Waals surface area contributed by atoms with Gasteiger partial charge in [-0.25, -0.2) is 10.5 Å². The summed E-state index contributed by atoms with van der Waals surface area (Å²) in [4.78, 5) is 7.56. The van der Waals surface area contributed by atoms with Crippen LogP contribution in [0.2, 0.25) is 0 Å². The summed E-state index contributed by atoms with van der Waals surface area (Å²) < 4.78 is 12.6. The molecule has 1 fully saturated rings. The van der Waals surface area contributed by atoms with Gasteiger partial charge < -0.3 is 4.89 Å². The molecule has 5 heteroatoms. The second kappa shape index (κ2) is 5.25. The van der Waals surface area contributed by atoms with Crippen LogP contribution in [-0.4, -0.2) is 4.89 Å². The van der Waals surface area contributed by atoms with Gasteiger partial charge in [0, 0.05) is 0 Å². The van der Waals surface area contributed by atoms with Crippen LogP contribution in [0.5, 0.6) is 0 Å². The molecule has 1 aliphatic rings. The summed E-state index contributed by atoms with van der Waals surface area (Å²) in [7, 11) is -2.85. The van der Waals surface area contributed by atoms with Gasteiger partial charge in [0.05, 0.1) is 0 Å². The molecule has 1 aliphatic carbocycles. The third-order valence-electron chi connectivity index (χ3n) is 0.454. The van der Waals surface area contributed by atoms with Crippen molar-refractivity contribution in [3.63, 3.8) is 0 Å². The zero-order valence-corrected chi connectivity index (χ0v) is 5.46. The van der Waals surface area contributed by atoms with Crippen molar-refractivity contribution in [2.24, 2.45) is 5.90 Å². The molecular weight excluding hydrogens is 129 g/mol. The minimum Gasteiger partial charge on any atom is -0.325 e.